The van der Waals surface area contributed by atoms with E-state index in [1.54, 1.807) is 6.92 Å². The Kier molecular flexibility index (Phi) is 6.62. The van der Waals surface area contributed by atoms with E-state index >= 15 is 0 Å². The van der Waals surface area contributed by atoms with Crippen molar-refractivity contribution in [2.24, 2.45) is 29.1 Å². The van der Waals surface area contributed by atoms with E-state index in [2.05, 4.69) is 15.5 Å². The van der Waals surface area contributed by atoms with E-state index in [1.807, 2.05) is 12.1 Å². The molecule has 6 nitrogen and oxygen atoms in total. The maximum absolute atomic E-state index is 13.3. The maximum Gasteiger partial charge on any atom is 0.224 e. The molecular formula is C26H37N3O3S. The average Bonchev–Trinajstić information content (AvgIpc) is 3.16. The van der Waals surface area contributed by atoms with Gasteiger partial charge in [-0.25, -0.2) is 0 Å². The lowest BCUT2D eigenvalue weighted by Gasteiger charge is -2.29. The molecular weight excluding hydrogens is 434 g/mol. The van der Waals surface area contributed by atoms with Gasteiger partial charge in [0.15, 0.2) is 5.78 Å². The second-order valence-corrected chi connectivity index (χ2v) is 11.8. The van der Waals surface area contributed by atoms with Crippen molar-refractivity contribution in [3.05, 3.63) is 21.9 Å². The van der Waals surface area contributed by atoms with Gasteiger partial charge in [0, 0.05) is 11.4 Å². The fourth-order valence-electron chi connectivity index (χ4n) is 7.11. The summed E-state index contributed by atoms with van der Waals surface area (Å²) in [5.74, 6) is 0.520. The van der Waals surface area contributed by atoms with Gasteiger partial charge < -0.3 is 15.5 Å². The Bertz CT molecular complexity index is 902. The zero-order valence-electron chi connectivity index (χ0n) is 19.7. The lowest BCUT2D eigenvalue weighted by atomic mass is 9.78. The number of nitrogens with zero attached hydrogens (tertiary/aromatic N) is 1. The molecule has 1 spiro atoms. The van der Waals surface area contributed by atoms with E-state index in [1.165, 1.54) is 50.1 Å². The molecule has 2 heterocycles. The van der Waals surface area contributed by atoms with E-state index < -0.39 is 0 Å². The van der Waals surface area contributed by atoms with Crippen LogP contribution in [0.3, 0.4) is 0 Å². The van der Waals surface area contributed by atoms with E-state index in [4.69, 9.17) is 0 Å². The standard InChI is InChI=1S/C26H37N3O3S/c1-17(30)21-9-6-18(33-21)16-28-25(32)23-20-8-7-19(26(20)10-11-26)22(23)24(31)27-12-2-3-13-29-14-4-5-15-29/h6,9,19-20,22-23H,2-5,7-8,10-16H2,1H3,(H,27,31)(H,28,32)/t19-,20+,22-,23-/m1/s1. The van der Waals surface area contributed by atoms with E-state index in [0.717, 1.165) is 42.0 Å². The molecule has 0 unspecified atom stereocenters. The first-order valence-electron chi connectivity index (χ1n) is 12.9. The Labute approximate surface area is 200 Å². The molecule has 0 radical (unpaired) electrons. The molecule has 4 aliphatic rings. The van der Waals surface area contributed by atoms with Gasteiger partial charge in [-0.3, -0.25) is 14.4 Å². The highest BCUT2D eigenvalue weighted by atomic mass is 32.1. The van der Waals surface area contributed by atoms with Crippen molar-refractivity contribution >= 4 is 28.9 Å². The number of rotatable bonds is 10. The number of nitrogens with one attached hydrogen (secondary N) is 2. The third-order valence-electron chi connectivity index (χ3n) is 8.80. The first-order chi connectivity index (χ1) is 16.0. The van der Waals surface area contributed by atoms with Crippen LogP contribution in [0.15, 0.2) is 12.1 Å². The Morgan fingerprint density at radius 2 is 1.67 bits per heavy atom. The zero-order chi connectivity index (χ0) is 23.0. The predicted octanol–water partition coefficient (Wildman–Crippen LogP) is 3.61. The van der Waals surface area contributed by atoms with Crippen LogP contribution in [-0.4, -0.2) is 48.7 Å². The van der Waals surface area contributed by atoms with Gasteiger partial charge in [0.05, 0.1) is 23.3 Å². The van der Waals surface area contributed by atoms with Gasteiger partial charge in [-0.2, -0.15) is 0 Å². The number of carbonyl (C=O) groups excluding carboxylic acids is 3. The third kappa shape index (κ3) is 4.51. The van der Waals surface area contributed by atoms with Crippen LogP contribution in [0, 0.1) is 29.1 Å². The summed E-state index contributed by atoms with van der Waals surface area (Å²) in [6.07, 6.45) is 9.28. The van der Waals surface area contributed by atoms with Crippen molar-refractivity contribution in [1.29, 1.82) is 0 Å². The summed E-state index contributed by atoms with van der Waals surface area (Å²) in [6, 6.07) is 3.74. The van der Waals surface area contributed by atoms with E-state index in [0.29, 0.717) is 24.9 Å². The molecule has 1 aliphatic heterocycles. The molecule has 4 atom stereocenters. The fourth-order valence-corrected chi connectivity index (χ4v) is 7.95. The van der Waals surface area contributed by atoms with Crippen LogP contribution in [0.25, 0.3) is 0 Å². The van der Waals surface area contributed by atoms with Gasteiger partial charge in [0.25, 0.3) is 0 Å². The number of amides is 2. The Balaban J connectivity index is 1.16. The minimum atomic E-state index is -0.205. The topological polar surface area (TPSA) is 78.5 Å². The van der Waals surface area contributed by atoms with Crippen molar-refractivity contribution in [3.63, 3.8) is 0 Å². The Morgan fingerprint density at radius 1 is 1.00 bits per heavy atom. The van der Waals surface area contributed by atoms with Crippen LogP contribution in [-0.2, 0) is 16.1 Å². The van der Waals surface area contributed by atoms with Crippen LogP contribution in [0.2, 0.25) is 0 Å². The summed E-state index contributed by atoms with van der Waals surface area (Å²) in [5, 5.41) is 6.31. The minimum Gasteiger partial charge on any atom is -0.356 e. The highest BCUT2D eigenvalue weighted by Crippen LogP contribution is 2.74. The molecule has 4 fully saturated rings. The molecule has 2 bridgehead atoms. The van der Waals surface area contributed by atoms with Crippen molar-refractivity contribution in [2.75, 3.05) is 26.2 Å². The van der Waals surface area contributed by atoms with Gasteiger partial charge in [-0.15, -0.1) is 11.3 Å². The summed E-state index contributed by atoms with van der Waals surface area (Å²) in [7, 11) is 0. The SMILES string of the molecule is CC(=O)c1ccc(CNC(=O)[C@H]2[C@H](C(=O)NCCCCN3CCCC3)[C@H]3CC[C@@H]2C32CC2)s1. The minimum absolute atomic E-state index is 0.0282. The average molecular weight is 472 g/mol. The number of Topliss-reactive ketones (excluding diaryl/α,β-unsaturated/α-hetero) is 1. The van der Waals surface area contributed by atoms with Crippen molar-refractivity contribution in [3.8, 4) is 0 Å². The number of thiophene rings is 1. The maximum atomic E-state index is 13.3. The number of hydrogen-bond donors (Lipinski definition) is 2. The van der Waals surface area contributed by atoms with Crippen molar-refractivity contribution < 1.29 is 14.4 Å². The lowest BCUT2D eigenvalue weighted by Crippen LogP contribution is -2.45. The summed E-state index contributed by atoms with van der Waals surface area (Å²) in [6.45, 7) is 6.28. The number of ketones is 1. The molecule has 180 valence electrons. The molecule has 1 saturated heterocycles. The van der Waals surface area contributed by atoms with Gasteiger partial charge in [0.1, 0.15) is 0 Å². The Hall–Kier alpha value is -1.73. The zero-order valence-corrected chi connectivity index (χ0v) is 20.6. The molecule has 3 aliphatic carbocycles. The monoisotopic (exact) mass is 471 g/mol. The number of carbonyl (C=O) groups is 3. The van der Waals surface area contributed by atoms with Gasteiger partial charge in [-0.1, -0.05) is 0 Å². The summed E-state index contributed by atoms with van der Waals surface area (Å²) >= 11 is 1.44. The van der Waals surface area contributed by atoms with Crippen LogP contribution >= 0.6 is 11.3 Å². The highest BCUT2D eigenvalue weighted by Gasteiger charge is 2.71. The quantitative estimate of drug-likeness (QED) is 0.404. The van der Waals surface area contributed by atoms with Crippen molar-refractivity contribution in [2.45, 2.75) is 64.8 Å². The van der Waals surface area contributed by atoms with Crippen LogP contribution in [0.5, 0.6) is 0 Å². The normalized spacial score (nSPS) is 29.5. The molecule has 3 saturated carbocycles. The third-order valence-corrected chi connectivity index (χ3v) is 9.98. The molecule has 2 N–H and O–H groups in total. The predicted molar refractivity (Wildman–Crippen MR) is 129 cm³/mol. The molecule has 1 aromatic heterocycles. The number of unbranched alkanes of at least 4 members (excludes halogenated alkanes) is 1. The lowest BCUT2D eigenvalue weighted by molar-refractivity contribution is -0.137. The van der Waals surface area contributed by atoms with Gasteiger partial charge in [-0.05, 0) is 107 Å². The molecule has 2 amide bonds. The molecule has 0 aromatic carbocycles. The second-order valence-electron chi connectivity index (χ2n) is 10.7. The van der Waals surface area contributed by atoms with Crippen LogP contribution < -0.4 is 10.6 Å². The summed E-state index contributed by atoms with van der Waals surface area (Å²) in [4.78, 5) is 42.4. The largest absolute Gasteiger partial charge is 0.356 e. The highest BCUT2D eigenvalue weighted by molar-refractivity contribution is 7.14. The van der Waals surface area contributed by atoms with E-state index in [-0.39, 0.29) is 34.8 Å². The summed E-state index contributed by atoms with van der Waals surface area (Å²) < 4.78 is 0. The summed E-state index contributed by atoms with van der Waals surface area (Å²) in [5.41, 5.74) is 0.254. The van der Waals surface area contributed by atoms with Crippen LogP contribution in [0.4, 0.5) is 0 Å². The molecule has 7 heteroatoms. The molecule has 5 rings (SSSR count). The smallest absolute Gasteiger partial charge is 0.224 e. The molecule has 33 heavy (non-hydrogen) atoms. The second kappa shape index (κ2) is 9.49. The first-order valence-corrected chi connectivity index (χ1v) is 13.7. The number of hydrogen-bond acceptors (Lipinski definition) is 5. The van der Waals surface area contributed by atoms with Gasteiger partial charge >= 0.3 is 0 Å². The molecule has 1 aromatic rings. The van der Waals surface area contributed by atoms with Crippen molar-refractivity contribution in [1.82, 2.24) is 15.5 Å². The van der Waals surface area contributed by atoms with Gasteiger partial charge in [0.2, 0.25) is 11.8 Å². The fraction of sp³-hybridized carbons (Fsp3) is 0.731. The van der Waals surface area contributed by atoms with Crippen LogP contribution in [0.1, 0.15) is 72.8 Å². The Morgan fingerprint density at radius 3 is 2.27 bits per heavy atom. The first kappa shape index (κ1) is 23.0. The van der Waals surface area contributed by atoms with E-state index in [9.17, 15) is 14.4 Å². The number of likely N-dealkylation sites (tertiary alicyclic amines) is 1.